The summed E-state index contributed by atoms with van der Waals surface area (Å²) in [6.45, 7) is 0.172. The number of carboxylic acids is 1. The SMILES string of the molecule is CN(C)C(=O)CN(C)c1nc2sccn2c1/C=C/C(=O)O. The second kappa shape index (κ2) is 5.96. The molecule has 0 aliphatic rings. The lowest BCUT2D eigenvalue weighted by Gasteiger charge is -2.19. The topological polar surface area (TPSA) is 78.2 Å². The van der Waals surface area contributed by atoms with Gasteiger partial charge in [0.1, 0.15) is 0 Å². The standard InChI is InChI=1S/C13H16N4O3S/c1-15(2)10(18)8-16(3)12-9(4-5-11(19)20)17-6-7-21-13(17)14-12/h4-7H,8H2,1-3H3,(H,19,20)/b5-4+. The molecule has 0 bridgehead atoms. The molecule has 0 atom stereocenters. The first-order valence-corrected chi connectivity index (χ1v) is 7.06. The number of nitrogens with zero attached hydrogens (tertiary/aromatic N) is 4. The van der Waals surface area contributed by atoms with Crippen LogP contribution in [0.3, 0.4) is 0 Å². The minimum Gasteiger partial charge on any atom is -0.478 e. The normalized spacial score (nSPS) is 11.2. The van der Waals surface area contributed by atoms with Crippen LogP contribution in [0.5, 0.6) is 0 Å². The Bertz CT molecular complexity index is 701. The maximum atomic E-state index is 11.8. The summed E-state index contributed by atoms with van der Waals surface area (Å²) < 4.78 is 1.80. The number of aliphatic carboxylic acids is 1. The molecule has 0 saturated carbocycles. The van der Waals surface area contributed by atoms with Crippen molar-refractivity contribution in [3.63, 3.8) is 0 Å². The second-order valence-corrected chi connectivity index (χ2v) is 5.57. The molecule has 0 saturated heterocycles. The van der Waals surface area contributed by atoms with E-state index in [1.54, 1.807) is 30.4 Å². The van der Waals surface area contributed by atoms with Gasteiger partial charge in [-0.25, -0.2) is 9.78 Å². The molecule has 7 nitrogen and oxygen atoms in total. The van der Waals surface area contributed by atoms with E-state index in [4.69, 9.17) is 5.11 Å². The number of carboxylic acid groups (broad SMARTS) is 1. The maximum Gasteiger partial charge on any atom is 0.328 e. The van der Waals surface area contributed by atoms with Crippen molar-refractivity contribution >= 4 is 40.1 Å². The molecule has 0 radical (unpaired) electrons. The van der Waals surface area contributed by atoms with Crippen molar-refractivity contribution in [2.24, 2.45) is 0 Å². The Morgan fingerprint density at radius 1 is 1.43 bits per heavy atom. The Hall–Kier alpha value is -2.35. The summed E-state index contributed by atoms with van der Waals surface area (Å²) >= 11 is 1.45. The lowest BCUT2D eigenvalue weighted by Crippen LogP contribution is -2.34. The third kappa shape index (κ3) is 3.22. The lowest BCUT2D eigenvalue weighted by atomic mass is 10.3. The molecule has 2 aromatic heterocycles. The largest absolute Gasteiger partial charge is 0.478 e. The molecule has 1 amide bonds. The van der Waals surface area contributed by atoms with Crippen molar-refractivity contribution in [2.75, 3.05) is 32.6 Å². The van der Waals surface area contributed by atoms with E-state index in [1.165, 1.54) is 22.3 Å². The predicted molar refractivity (Wildman–Crippen MR) is 81.7 cm³/mol. The molecule has 1 N–H and O–H groups in total. The smallest absolute Gasteiger partial charge is 0.328 e. The average Bonchev–Trinajstić information content (AvgIpc) is 2.96. The van der Waals surface area contributed by atoms with Crippen LogP contribution in [0.2, 0.25) is 0 Å². The van der Waals surface area contributed by atoms with Gasteiger partial charge < -0.3 is 14.9 Å². The zero-order valence-corrected chi connectivity index (χ0v) is 12.8. The minimum absolute atomic E-state index is 0.0537. The highest BCUT2D eigenvalue weighted by atomic mass is 32.1. The van der Waals surface area contributed by atoms with Crippen LogP contribution in [-0.4, -0.2) is 59.0 Å². The van der Waals surface area contributed by atoms with Gasteiger partial charge in [-0.15, -0.1) is 11.3 Å². The van der Waals surface area contributed by atoms with E-state index in [0.29, 0.717) is 11.5 Å². The number of likely N-dealkylation sites (N-methyl/N-ethyl adjacent to an activating group) is 2. The van der Waals surface area contributed by atoms with Crippen LogP contribution in [0.1, 0.15) is 5.69 Å². The zero-order valence-electron chi connectivity index (χ0n) is 12.0. The molecular weight excluding hydrogens is 292 g/mol. The van der Waals surface area contributed by atoms with Gasteiger partial charge in [0, 0.05) is 38.8 Å². The van der Waals surface area contributed by atoms with Gasteiger partial charge in [-0.1, -0.05) is 0 Å². The molecular formula is C13H16N4O3S. The van der Waals surface area contributed by atoms with Crippen molar-refractivity contribution in [2.45, 2.75) is 0 Å². The first-order chi connectivity index (χ1) is 9.90. The van der Waals surface area contributed by atoms with Gasteiger partial charge in [0.05, 0.1) is 12.2 Å². The van der Waals surface area contributed by atoms with E-state index in [9.17, 15) is 9.59 Å². The van der Waals surface area contributed by atoms with Gasteiger partial charge in [-0.2, -0.15) is 0 Å². The zero-order chi connectivity index (χ0) is 15.6. The number of anilines is 1. The molecule has 0 aliphatic carbocycles. The van der Waals surface area contributed by atoms with Crippen LogP contribution in [-0.2, 0) is 9.59 Å². The molecule has 0 spiro atoms. The molecule has 21 heavy (non-hydrogen) atoms. The number of aromatic nitrogens is 2. The van der Waals surface area contributed by atoms with E-state index in [2.05, 4.69) is 4.98 Å². The molecule has 112 valence electrons. The quantitative estimate of drug-likeness (QED) is 0.834. The number of carbonyl (C=O) groups is 2. The highest BCUT2D eigenvalue weighted by Crippen LogP contribution is 2.25. The summed E-state index contributed by atoms with van der Waals surface area (Å²) in [7, 11) is 5.13. The van der Waals surface area contributed by atoms with Crippen LogP contribution in [0.4, 0.5) is 5.82 Å². The van der Waals surface area contributed by atoms with Crippen LogP contribution in [0, 0.1) is 0 Å². The molecule has 8 heteroatoms. The van der Waals surface area contributed by atoms with Crippen LogP contribution < -0.4 is 4.90 Å². The number of amides is 1. The fraction of sp³-hybridized carbons (Fsp3) is 0.308. The van der Waals surface area contributed by atoms with Gasteiger partial charge in [0.2, 0.25) is 5.91 Å². The van der Waals surface area contributed by atoms with Gasteiger partial charge >= 0.3 is 5.97 Å². The Kier molecular flexibility index (Phi) is 4.27. The van der Waals surface area contributed by atoms with Crippen LogP contribution in [0.25, 0.3) is 11.0 Å². The molecule has 2 aromatic rings. The van der Waals surface area contributed by atoms with Gasteiger partial charge in [0.25, 0.3) is 0 Å². The van der Waals surface area contributed by atoms with E-state index >= 15 is 0 Å². The third-order valence-electron chi connectivity index (χ3n) is 2.90. The number of rotatable bonds is 5. The Labute approximate surface area is 125 Å². The summed E-state index contributed by atoms with van der Waals surface area (Å²) in [5.74, 6) is -0.505. The predicted octanol–water partition coefficient (Wildman–Crippen LogP) is 1.02. The molecule has 0 aliphatic heterocycles. The molecule has 0 fully saturated rings. The number of imidazole rings is 1. The van der Waals surface area contributed by atoms with Crippen LogP contribution in [0.15, 0.2) is 17.7 Å². The van der Waals surface area contributed by atoms with Gasteiger partial charge in [0.15, 0.2) is 10.8 Å². The molecule has 0 unspecified atom stereocenters. The molecule has 2 heterocycles. The monoisotopic (exact) mass is 308 g/mol. The highest BCUT2D eigenvalue weighted by Gasteiger charge is 2.17. The Balaban J connectivity index is 2.38. The number of hydrogen-bond acceptors (Lipinski definition) is 5. The lowest BCUT2D eigenvalue weighted by molar-refractivity contribution is -0.131. The number of fused-ring (bicyclic) bond motifs is 1. The highest BCUT2D eigenvalue weighted by molar-refractivity contribution is 7.15. The maximum absolute atomic E-state index is 11.8. The van der Waals surface area contributed by atoms with E-state index < -0.39 is 5.97 Å². The van der Waals surface area contributed by atoms with E-state index in [1.807, 2.05) is 11.6 Å². The van der Waals surface area contributed by atoms with Crippen molar-refractivity contribution in [3.05, 3.63) is 23.3 Å². The van der Waals surface area contributed by atoms with Crippen LogP contribution >= 0.6 is 11.3 Å². The minimum atomic E-state index is -1.03. The summed E-state index contributed by atoms with van der Waals surface area (Å²) in [5.41, 5.74) is 0.641. The first-order valence-electron chi connectivity index (χ1n) is 6.18. The third-order valence-corrected chi connectivity index (χ3v) is 3.65. The summed E-state index contributed by atoms with van der Waals surface area (Å²) in [5, 5.41) is 10.7. The second-order valence-electron chi connectivity index (χ2n) is 4.69. The van der Waals surface area contributed by atoms with Gasteiger partial charge in [-0.3, -0.25) is 9.20 Å². The average molecular weight is 308 g/mol. The molecule has 2 rings (SSSR count). The van der Waals surface area contributed by atoms with Crippen molar-refractivity contribution in [1.29, 1.82) is 0 Å². The number of thiazole rings is 1. The fourth-order valence-corrected chi connectivity index (χ4v) is 2.51. The number of hydrogen-bond donors (Lipinski definition) is 1. The van der Waals surface area contributed by atoms with Gasteiger partial charge in [-0.05, 0) is 6.08 Å². The van der Waals surface area contributed by atoms with E-state index in [0.717, 1.165) is 11.0 Å². The summed E-state index contributed by atoms with van der Waals surface area (Å²) in [6, 6.07) is 0. The van der Waals surface area contributed by atoms with Crippen molar-refractivity contribution < 1.29 is 14.7 Å². The molecule has 0 aromatic carbocycles. The van der Waals surface area contributed by atoms with Crippen molar-refractivity contribution in [1.82, 2.24) is 14.3 Å². The Morgan fingerprint density at radius 2 is 2.14 bits per heavy atom. The van der Waals surface area contributed by atoms with Crippen molar-refractivity contribution in [3.8, 4) is 0 Å². The number of carbonyl (C=O) groups excluding carboxylic acids is 1. The first kappa shape index (κ1) is 15.0. The summed E-state index contributed by atoms with van der Waals surface area (Å²) in [6.07, 6.45) is 4.37. The van der Waals surface area contributed by atoms with E-state index in [-0.39, 0.29) is 12.5 Å². The Morgan fingerprint density at radius 3 is 2.76 bits per heavy atom. The summed E-state index contributed by atoms with van der Waals surface area (Å²) in [4.78, 5) is 30.9. The fourth-order valence-electron chi connectivity index (χ4n) is 1.80.